The van der Waals surface area contributed by atoms with Crippen molar-refractivity contribution in [1.29, 1.82) is 0 Å². The van der Waals surface area contributed by atoms with Crippen LogP contribution < -0.4 is 0 Å². The van der Waals surface area contributed by atoms with Crippen molar-refractivity contribution >= 4 is 0 Å². The summed E-state index contributed by atoms with van der Waals surface area (Å²) in [5, 5.41) is 0. The summed E-state index contributed by atoms with van der Waals surface area (Å²) >= 11 is 0. The lowest BCUT2D eigenvalue weighted by molar-refractivity contribution is -0.232. The summed E-state index contributed by atoms with van der Waals surface area (Å²) < 4.78 is 5.88. The third-order valence-electron chi connectivity index (χ3n) is 3.51. The van der Waals surface area contributed by atoms with Gasteiger partial charge in [-0.05, 0) is 18.3 Å². The van der Waals surface area contributed by atoms with Gasteiger partial charge in [0.1, 0.15) is 0 Å². The number of ether oxygens (including phenoxy) is 1. The zero-order valence-corrected chi connectivity index (χ0v) is 10.6. The maximum Gasteiger partial charge on any atom is 0.0682 e. The maximum atomic E-state index is 5.88. The predicted octanol–water partition coefficient (Wildman–Crippen LogP) is 3.87. The highest BCUT2D eigenvalue weighted by Gasteiger charge is 2.47. The molecule has 1 fully saturated rings. The molecule has 14 heavy (non-hydrogen) atoms. The SMILES string of the molecule is CCCC(C)C1C(C)OC1C(C)(C)C. The third-order valence-corrected chi connectivity index (χ3v) is 3.51. The summed E-state index contributed by atoms with van der Waals surface area (Å²) in [7, 11) is 0. The van der Waals surface area contributed by atoms with E-state index in [1.807, 2.05) is 0 Å². The first kappa shape index (κ1) is 12.0. The zero-order valence-electron chi connectivity index (χ0n) is 10.6. The molecule has 1 nitrogen and oxygen atoms in total. The second-order valence-electron chi connectivity index (χ2n) is 5.97. The third kappa shape index (κ3) is 2.31. The molecule has 4 atom stereocenters. The topological polar surface area (TPSA) is 9.23 Å². The van der Waals surface area contributed by atoms with E-state index in [0.29, 0.717) is 17.6 Å². The molecule has 1 saturated heterocycles. The van der Waals surface area contributed by atoms with Gasteiger partial charge in [0, 0.05) is 5.92 Å². The molecule has 0 aliphatic carbocycles. The van der Waals surface area contributed by atoms with Crippen LogP contribution in [0.3, 0.4) is 0 Å². The minimum Gasteiger partial charge on any atom is -0.374 e. The number of hydrogen-bond acceptors (Lipinski definition) is 1. The Morgan fingerprint density at radius 3 is 2.21 bits per heavy atom. The van der Waals surface area contributed by atoms with Crippen molar-refractivity contribution in [3.8, 4) is 0 Å². The van der Waals surface area contributed by atoms with Crippen LogP contribution in [-0.2, 0) is 4.74 Å². The van der Waals surface area contributed by atoms with E-state index >= 15 is 0 Å². The Labute approximate surface area is 89.2 Å². The summed E-state index contributed by atoms with van der Waals surface area (Å²) in [4.78, 5) is 0. The quantitative estimate of drug-likeness (QED) is 0.669. The fraction of sp³-hybridized carbons (Fsp3) is 1.00. The van der Waals surface area contributed by atoms with Gasteiger partial charge in [0.25, 0.3) is 0 Å². The van der Waals surface area contributed by atoms with Gasteiger partial charge in [0.05, 0.1) is 12.2 Å². The van der Waals surface area contributed by atoms with Crippen LogP contribution in [0.25, 0.3) is 0 Å². The molecule has 1 aliphatic rings. The molecule has 0 aromatic carbocycles. The molecule has 1 heteroatoms. The van der Waals surface area contributed by atoms with Gasteiger partial charge in [-0.15, -0.1) is 0 Å². The van der Waals surface area contributed by atoms with Crippen molar-refractivity contribution in [3.05, 3.63) is 0 Å². The smallest absolute Gasteiger partial charge is 0.0682 e. The molecule has 84 valence electrons. The summed E-state index contributed by atoms with van der Waals surface area (Å²) in [6.45, 7) is 13.7. The Morgan fingerprint density at radius 2 is 1.86 bits per heavy atom. The molecule has 0 N–H and O–H groups in total. The molecular weight excluding hydrogens is 172 g/mol. The Hall–Kier alpha value is -0.0400. The van der Waals surface area contributed by atoms with Crippen LogP contribution in [0.1, 0.15) is 54.4 Å². The molecule has 0 saturated carbocycles. The van der Waals surface area contributed by atoms with E-state index in [1.54, 1.807) is 0 Å². The number of hydrogen-bond donors (Lipinski definition) is 0. The Balaban J connectivity index is 2.57. The summed E-state index contributed by atoms with van der Waals surface area (Å²) in [6, 6.07) is 0. The van der Waals surface area contributed by atoms with Gasteiger partial charge in [-0.3, -0.25) is 0 Å². The molecule has 1 rings (SSSR count). The van der Waals surface area contributed by atoms with E-state index in [4.69, 9.17) is 4.74 Å². The van der Waals surface area contributed by atoms with Crippen LogP contribution >= 0.6 is 0 Å². The number of rotatable bonds is 3. The molecule has 4 unspecified atom stereocenters. The lowest BCUT2D eigenvalue weighted by Crippen LogP contribution is -2.56. The van der Waals surface area contributed by atoms with Crippen molar-refractivity contribution in [2.24, 2.45) is 17.3 Å². The lowest BCUT2D eigenvalue weighted by Gasteiger charge is -2.52. The molecule has 0 spiro atoms. The Kier molecular flexibility index (Phi) is 3.63. The van der Waals surface area contributed by atoms with Gasteiger partial charge in [0.15, 0.2) is 0 Å². The highest BCUT2D eigenvalue weighted by atomic mass is 16.5. The average Bonchev–Trinajstić information content (AvgIpc) is 1.98. The second-order valence-corrected chi connectivity index (χ2v) is 5.97. The summed E-state index contributed by atoms with van der Waals surface area (Å²) in [6.07, 6.45) is 3.58. The second kappa shape index (κ2) is 4.22. The van der Waals surface area contributed by atoms with Crippen LogP contribution in [0.2, 0.25) is 0 Å². The minimum absolute atomic E-state index is 0.305. The first-order valence-corrected chi connectivity index (χ1v) is 6.03. The molecule has 0 bridgehead atoms. The van der Waals surface area contributed by atoms with Crippen molar-refractivity contribution in [2.45, 2.75) is 66.6 Å². The van der Waals surface area contributed by atoms with Gasteiger partial charge >= 0.3 is 0 Å². The molecule has 1 aliphatic heterocycles. The largest absolute Gasteiger partial charge is 0.374 e. The molecule has 0 radical (unpaired) electrons. The van der Waals surface area contributed by atoms with Crippen LogP contribution in [-0.4, -0.2) is 12.2 Å². The van der Waals surface area contributed by atoms with Crippen LogP contribution in [0, 0.1) is 17.3 Å². The molecular formula is C13H26O. The van der Waals surface area contributed by atoms with E-state index in [-0.39, 0.29) is 0 Å². The molecule has 0 aromatic rings. The highest BCUT2D eigenvalue weighted by Crippen LogP contribution is 2.44. The normalized spacial score (nSPS) is 35.1. The highest BCUT2D eigenvalue weighted by molar-refractivity contribution is 4.95. The van der Waals surface area contributed by atoms with Crippen LogP contribution in [0.4, 0.5) is 0 Å². The monoisotopic (exact) mass is 198 g/mol. The zero-order chi connectivity index (χ0) is 10.9. The summed E-state index contributed by atoms with van der Waals surface area (Å²) in [5.41, 5.74) is 0.305. The Morgan fingerprint density at radius 1 is 1.29 bits per heavy atom. The standard InChI is InChI=1S/C13H26O/c1-7-8-9(2)11-10(3)14-12(11)13(4,5)6/h9-12H,7-8H2,1-6H3. The van der Waals surface area contributed by atoms with Gasteiger partial charge in [-0.25, -0.2) is 0 Å². The maximum absolute atomic E-state index is 5.88. The molecule has 0 amide bonds. The van der Waals surface area contributed by atoms with Crippen LogP contribution in [0.15, 0.2) is 0 Å². The molecule has 0 aromatic heterocycles. The minimum atomic E-state index is 0.305. The van der Waals surface area contributed by atoms with Gasteiger partial charge in [-0.1, -0.05) is 47.5 Å². The van der Waals surface area contributed by atoms with Crippen molar-refractivity contribution in [2.75, 3.05) is 0 Å². The van der Waals surface area contributed by atoms with E-state index in [1.165, 1.54) is 12.8 Å². The van der Waals surface area contributed by atoms with E-state index in [9.17, 15) is 0 Å². The van der Waals surface area contributed by atoms with Crippen LogP contribution in [0.5, 0.6) is 0 Å². The fourth-order valence-electron chi connectivity index (χ4n) is 2.76. The van der Waals surface area contributed by atoms with Crippen molar-refractivity contribution < 1.29 is 4.74 Å². The Bertz CT molecular complexity index is 180. The van der Waals surface area contributed by atoms with Crippen molar-refractivity contribution in [3.63, 3.8) is 0 Å². The fourth-order valence-corrected chi connectivity index (χ4v) is 2.76. The first-order valence-electron chi connectivity index (χ1n) is 6.03. The average molecular weight is 198 g/mol. The van der Waals surface area contributed by atoms with Gasteiger partial charge in [-0.2, -0.15) is 0 Å². The predicted molar refractivity (Wildman–Crippen MR) is 61.4 cm³/mol. The van der Waals surface area contributed by atoms with E-state index in [2.05, 4.69) is 41.5 Å². The molecule has 1 heterocycles. The lowest BCUT2D eigenvalue weighted by atomic mass is 9.69. The van der Waals surface area contributed by atoms with Crippen molar-refractivity contribution in [1.82, 2.24) is 0 Å². The van der Waals surface area contributed by atoms with E-state index < -0.39 is 0 Å². The van der Waals surface area contributed by atoms with Gasteiger partial charge in [0.2, 0.25) is 0 Å². The van der Waals surface area contributed by atoms with E-state index in [0.717, 1.165) is 11.8 Å². The summed E-state index contributed by atoms with van der Waals surface area (Å²) in [5.74, 6) is 1.59. The van der Waals surface area contributed by atoms with Gasteiger partial charge < -0.3 is 4.74 Å². The first-order chi connectivity index (χ1) is 6.38.